The van der Waals surface area contributed by atoms with Crippen LogP contribution in [-0.4, -0.2) is 10.9 Å². The van der Waals surface area contributed by atoms with Gasteiger partial charge in [-0.3, -0.25) is 4.79 Å². The molecule has 0 aliphatic heterocycles. The van der Waals surface area contributed by atoms with E-state index in [-0.39, 0.29) is 22.9 Å². The van der Waals surface area contributed by atoms with Crippen LogP contribution in [0.25, 0.3) is 0 Å². The molecule has 3 heteroatoms. The van der Waals surface area contributed by atoms with Crippen molar-refractivity contribution in [2.45, 2.75) is 26.2 Å². The molecule has 1 N–H and O–H groups in total. The molecule has 1 rings (SSSR count). The van der Waals surface area contributed by atoms with Crippen LogP contribution in [0.3, 0.4) is 0 Å². The molecule has 0 saturated heterocycles. The van der Waals surface area contributed by atoms with E-state index in [1.165, 1.54) is 6.92 Å². The summed E-state index contributed by atoms with van der Waals surface area (Å²) in [5, 5.41) is 9.02. The van der Waals surface area contributed by atoms with Crippen LogP contribution in [0.1, 0.15) is 26.2 Å². The minimum atomic E-state index is 0. The zero-order valence-electron chi connectivity index (χ0n) is 5.78. The molecule has 1 radical (unpaired) electrons. The Morgan fingerprint density at radius 1 is 1.50 bits per heavy atom. The van der Waals surface area contributed by atoms with Gasteiger partial charge < -0.3 is 5.11 Å². The van der Waals surface area contributed by atoms with Gasteiger partial charge in [-0.05, 0) is 19.8 Å². The number of hydrogen-bond donors (Lipinski definition) is 1. The van der Waals surface area contributed by atoms with E-state index in [0.29, 0.717) is 17.8 Å². The Morgan fingerprint density at radius 2 is 2.10 bits per heavy atom. The van der Waals surface area contributed by atoms with Gasteiger partial charge in [0.15, 0.2) is 5.78 Å². The van der Waals surface area contributed by atoms with E-state index in [0.717, 1.165) is 12.8 Å². The first-order valence-electron chi connectivity index (χ1n) is 3.13. The molecule has 0 unspecified atom stereocenters. The van der Waals surface area contributed by atoms with E-state index in [4.69, 9.17) is 5.11 Å². The molecule has 0 fully saturated rings. The summed E-state index contributed by atoms with van der Waals surface area (Å²) >= 11 is 0. The van der Waals surface area contributed by atoms with E-state index in [1.807, 2.05) is 0 Å². The Hall–Kier alpha value is -0.271. The van der Waals surface area contributed by atoms with Gasteiger partial charge in [0.1, 0.15) is 0 Å². The number of carbonyl (C=O) groups excluding carboxylic acids is 1. The first kappa shape index (κ1) is 9.73. The van der Waals surface area contributed by atoms with Crippen molar-refractivity contribution in [1.29, 1.82) is 0 Å². The molecule has 0 aromatic heterocycles. The van der Waals surface area contributed by atoms with E-state index >= 15 is 0 Å². The molecule has 0 heterocycles. The molecule has 0 bridgehead atoms. The number of aliphatic hydroxyl groups is 1. The van der Waals surface area contributed by atoms with Gasteiger partial charge in [0.2, 0.25) is 0 Å². The summed E-state index contributed by atoms with van der Waals surface area (Å²) in [6.45, 7) is 1.50. The molecule has 0 saturated carbocycles. The van der Waals surface area contributed by atoms with Crippen molar-refractivity contribution in [2.24, 2.45) is 0 Å². The minimum absolute atomic E-state index is 0. The van der Waals surface area contributed by atoms with Gasteiger partial charge in [0.05, 0.1) is 5.76 Å². The molecule has 61 valence electrons. The van der Waals surface area contributed by atoms with E-state index in [1.54, 1.807) is 0 Å². The summed E-state index contributed by atoms with van der Waals surface area (Å²) in [5.74, 6) is 0.326. The van der Waals surface area contributed by atoms with Gasteiger partial charge in [0.25, 0.3) is 0 Å². The van der Waals surface area contributed by atoms with Crippen LogP contribution in [0.2, 0.25) is 0 Å². The molecule has 0 aromatic rings. The summed E-state index contributed by atoms with van der Waals surface area (Å²) in [4.78, 5) is 10.6. The van der Waals surface area contributed by atoms with Gasteiger partial charge in [0, 0.05) is 29.1 Å². The molecular weight excluding hydrogens is 180 g/mol. The molecule has 10 heavy (non-hydrogen) atoms. The SMILES string of the molecule is CC(=O)C1=C(O)CCC1.[Cu]. The zero-order valence-corrected chi connectivity index (χ0v) is 6.72. The molecule has 0 spiro atoms. The van der Waals surface area contributed by atoms with Gasteiger partial charge in [-0.15, -0.1) is 0 Å². The predicted molar refractivity (Wildman–Crippen MR) is 34.2 cm³/mol. The maximum absolute atomic E-state index is 10.6. The molecule has 2 nitrogen and oxygen atoms in total. The van der Waals surface area contributed by atoms with Crippen LogP contribution < -0.4 is 0 Å². The molecular formula is C7H10CuO2. The maximum atomic E-state index is 10.6. The Kier molecular flexibility index (Phi) is 3.69. The van der Waals surface area contributed by atoms with Crippen LogP contribution in [0, 0.1) is 0 Å². The van der Waals surface area contributed by atoms with Crippen LogP contribution in [0.5, 0.6) is 0 Å². The average Bonchev–Trinajstić information content (AvgIpc) is 2.13. The smallest absolute Gasteiger partial charge is 0.159 e. The van der Waals surface area contributed by atoms with Crippen molar-refractivity contribution in [3.63, 3.8) is 0 Å². The second-order valence-electron chi connectivity index (χ2n) is 2.33. The fourth-order valence-corrected chi connectivity index (χ4v) is 1.11. The fourth-order valence-electron chi connectivity index (χ4n) is 1.11. The number of carbonyl (C=O) groups is 1. The molecule has 0 amide bonds. The second-order valence-corrected chi connectivity index (χ2v) is 2.33. The first-order chi connectivity index (χ1) is 4.22. The number of ketones is 1. The average molecular weight is 190 g/mol. The van der Waals surface area contributed by atoms with Gasteiger partial charge in [-0.1, -0.05) is 0 Å². The Balaban J connectivity index is 0.000000810. The quantitative estimate of drug-likeness (QED) is 0.636. The number of allylic oxidation sites excluding steroid dienone is 2. The first-order valence-corrected chi connectivity index (χ1v) is 3.13. The number of hydrogen-bond acceptors (Lipinski definition) is 2. The standard InChI is InChI=1S/C7H10O2.Cu/c1-5(8)6-3-2-4-7(6)9;/h9H,2-4H2,1H3;. The van der Waals surface area contributed by atoms with Crippen molar-refractivity contribution in [2.75, 3.05) is 0 Å². The number of rotatable bonds is 1. The second kappa shape index (κ2) is 3.79. The number of Topliss-reactive ketones (excluding diaryl/α,β-unsaturated/α-hetero) is 1. The summed E-state index contributed by atoms with van der Waals surface area (Å²) in [6, 6.07) is 0. The van der Waals surface area contributed by atoms with Gasteiger partial charge in [-0.25, -0.2) is 0 Å². The van der Waals surface area contributed by atoms with E-state index in [2.05, 4.69) is 0 Å². The third-order valence-corrected chi connectivity index (χ3v) is 1.61. The van der Waals surface area contributed by atoms with Crippen LogP contribution in [-0.2, 0) is 21.9 Å². The predicted octanol–water partition coefficient (Wildman–Crippen LogP) is 1.57. The third-order valence-electron chi connectivity index (χ3n) is 1.61. The van der Waals surface area contributed by atoms with E-state index < -0.39 is 0 Å². The summed E-state index contributed by atoms with van der Waals surface area (Å²) in [7, 11) is 0. The Labute approximate surface area is 70.8 Å². The zero-order chi connectivity index (χ0) is 6.85. The monoisotopic (exact) mass is 189 g/mol. The summed E-state index contributed by atoms with van der Waals surface area (Å²) < 4.78 is 0. The van der Waals surface area contributed by atoms with Crippen molar-refractivity contribution >= 4 is 5.78 Å². The van der Waals surface area contributed by atoms with Gasteiger partial charge >= 0.3 is 0 Å². The molecule has 0 aromatic carbocycles. The molecule has 0 atom stereocenters. The fraction of sp³-hybridized carbons (Fsp3) is 0.571. The normalized spacial score (nSPS) is 16.9. The Morgan fingerprint density at radius 3 is 2.30 bits per heavy atom. The van der Waals surface area contributed by atoms with Crippen molar-refractivity contribution in [3.05, 3.63) is 11.3 Å². The summed E-state index contributed by atoms with van der Waals surface area (Å²) in [5.41, 5.74) is 0.634. The molecule has 1 aliphatic rings. The topological polar surface area (TPSA) is 37.3 Å². The maximum Gasteiger partial charge on any atom is 0.159 e. The summed E-state index contributed by atoms with van der Waals surface area (Å²) in [6.07, 6.45) is 2.39. The third kappa shape index (κ3) is 1.86. The van der Waals surface area contributed by atoms with Crippen molar-refractivity contribution in [1.82, 2.24) is 0 Å². The Bertz CT molecular complexity index is 172. The van der Waals surface area contributed by atoms with E-state index in [9.17, 15) is 4.79 Å². The molecule has 1 aliphatic carbocycles. The largest absolute Gasteiger partial charge is 0.512 e. The van der Waals surface area contributed by atoms with Crippen LogP contribution >= 0.6 is 0 Å². The minimum Gasteiger partial charge on any atom is -0.512 e. The van der Waals surface area contributed by atoms with Crippen LogP contribution in [0.15, 0.2) is 11.3 Å². The van der Waals surface area contributed by atoms with Gasteiger partial charge in [-0.2, -0.15) is 0 Å². The van der Waals surface area contributed by atoms with Crippen molar-refractivity contribution in [3.8, 4) is 0 Å². The number of aliphatic hydroxyl groups excluding tert-OH is 1. The van der Waals surface area contributed by atoms with Crippen molar-refractivity contribution < 1.29 is 27.0 Å². The van der Waals surface area contributed by atoms with Crippen LogP contribution in [0.4, 0.5) is 0 Å².